The third kappa shape index (κ3) is 4.52. The highest BCUT2D eigenvalue weighted by molar-refractivity contribution is 9.10. The van der Waals surface area contributed by atoms with Gasteiger partial charge in [-0.25, -0.2) is 9.69 Å². The number of amides is 4. The standard InChI is InChI=1S/C20H15BrN2O6/c1-11-8-13(4-7-16(11)21)23-19(27)15(18(26)22-20(23)28)9-12-2-5-14(6-3-12)29-10-17(24)25/h2-9H,10H2,1H3,(H,24,25)(H,22,26,28)/p-1/b15-9+. The number of imide groups is 2. The molecule has 0 radical (unpaired) electrons. The molecule has 4 amide bonds. The summed E-state index contributed by atoms with van der Waals surface area (Å²) in [6, 6.07) is 10.2. The first-order valence-electron chi connectivity index (χ1n) is 8.36. The lowest BCUT2D eigenvalue weighted by molar-refractivity contribution is -0.307. The Morgan fingerprint density at radius 2 is 1.86 bits per heavy atom. The molecule has 0 unspecified atom stereocenters. The fourth-order valence-electron chi connectivity index (χ4n) is 2.63. The number of benzene rings is 2. The summed E-state index contributed by atoms with van der Waals surface area (Å²) in [6.07, 6.45) is 1.34. The van der Waals surface area contributed by atoms with Crippen LogP contribution in [0.3, 0.4) is 0 Å². The zero-order valence-electron chi connectivity index (χ0n) is 15.1. The van der Waals surface area contributed by atoms with E-state index in [1.807, 2.05) is 6.92 Å². The molecule has 3 rings (SSSR count). The number of urea groups is 1. The summed E-state index contributed by atoms with van der Waals surface area (Å²) in [4.78, 5) is 48.6. The van der Waals surface area contributed by atoms with Crippen LogP contribution >= 0.6 is 15.9 Å². The van der Waals surface area contributed by atoms with Gasteiger partial charge in [0.25, 0.3) is 11.8 Å². The highest BCUT2D eigenvalue weighted by atomic mass is 79.9. The zero-order chi connectivity index (χ0) is 21.1. The van der Waals surface area contributed by atoms with Crippen molar-refractivity contribution in [2.24, 2.45) is 0 Å². The van der Waals surface area contributed by atoms with E-state index in [4.69, 9.17) is 4.74 Å². The summed E-state index contributed by atoms with van der Waals surface area (Å²) in [6.45, 7) is 1.22. The first-order valence-corrected chi connectivity index (χ1v) is 9.16. The molecule has 1 aliphatic heterocycles. The number of carbonyl (C=O) groups is 4. The van der Waals surface area contributed by atoms with E-state index in [1.54, 1.807) is 30.3 Å². The van der Waals surface area contributed by atoms with Gasteiger partial charge in [-0.1, -0.05) is 28.1 Å². The minimum Gasteiger partial charge on any atom is -0.546 e. The van der Waals surface area contributed by atoms with Crippen LogP contribution in [-0.4, -0.2) is 30.4 Å². The number of anilines is 1. The molecule has 29 heavy (non-hydrogen) atoms. The van der Waals surface area contributed by atoms with Gasteiger partial charge in [0.15, 0.2) is 0 Å². The summed E-state index contributed by atoms with van der Waals surface area (Å²) >= 11 is 3.36. The molecule has 0 saturated carbocycles. The quantitative estimate of drug-likeness (QED) is 0.537. The fourth-order valence-corrected chi connectivity index (χ4v) is 2.88. The van der Waals surface area contributed by atoms with Gasteiger partial charge >= 0.3 is 6.03 Å². The van der Waals surface area contributed by atoms with Crippen molar-refractivity contribution < 1.29 is 29.0 Å². The molecule has 0 spiro atoms. The Kier molecular flexibility index (Phi) is 5.79. The number of hydrogen-bond acceptors (Lipinski definition) is 6. The highest BCUT2D eigenvalue weighted by Gasteiger charge is 2.36. The fraction of sp³-hybridized carbons (Fsp3) is 0.100. The molecule has 0 atom stereocenters. The number of halogens is 1. The number of nitrogens with zero attached hydrogens (tertiary/aromatic N) is 1. The molecule has 0 aliphatic carbocycles. The number of nitrogens with one attached hydrogen (secondary N) is 1. The van der Waals surface area contributed by atoms with Gasteiger partial charge in [0.05, 0.1) is 11.7 Å². The molecule has 2 aromatic rings. The van der Waals surface area contributed by atoms with Crippen molar-refractivity contribution in [3.05, 3.63) is 63.6 Å². The lowest BCUT2D eigenvalue weighted by Crippen LogP contribution is -2.54. The van der Waals surface area contributed by atoms with Gasteiger partial charge in [0.2, 0.25) is 0 Å². The Hall–Kier alpha value is -3.46. The van der Waals surface area contributed by atoms with Crippen LogP contribution < -0.4 is 20.1 Å². The van der Waals surface area contributed by atoms with E-state index in [1.165, 1.54) is 18.2 Å². The van der Waals surface area contributed by atoms with E-state index in [2.05, 4.69) is 21.2 Å². The van der Waals surface area contributed by atoms with Crippen LogP contribution in [0.15, 0.2) is 52.5 Å². The predicted molar refractivity (Wildman–Crippen MR) is 105 cm³/mol. The van der Waals surface area contributed by atoms with Crippen molar-refractivity contribution in [3.63, 3.8) is 0 Å². The first-order chi connectivity index (χ1) is 13.8. The maximum atomic E-state index is 12.9. The van der Waals surface area contributed by atoms with Crippen LogP contribution in [0.2, 0.25) is 0 Å². The molecule has 1 aliphatic rings. The lowest BCUT2D eigenvalue weighted by atomic mass is 10.1. The summed E-state index contributed by atoms with van der Waals surface area (Å²) in [5.41, 5.74) is 1.43. The molecular formula is C20H14BrN2O6-. The van der Waals surface area contributed by atoms with Crippen LogP contribution in [0.25, 0.3) is 6.08 Å². The van der Waals surface area contributed by atoms with E-state index >= 15 is 0 Å². The molecule has 8 nitrogen and oxygen atoms in total. The van der Waals surface area contributed by atoms with Crippen LogP contribution in [0.5, 0.6) is 5.75 Å². The Morgan fingerprint density at radius 3 is 2.48 bits per heavy atom. The number of carboxylic acids is 1. The van der Waals surface area contributed by atoms with Crippen molar-refractivity contribution in [3.8, 4) is 5.75 Å². The number of carbonyl (C=O) groups excluding carboxylic acids is 4. The summed E-state index contributed by atoms with van der Waals surface area (Å²) < 4.78 is 5.80. The van der Waals surface area contributed by atoms with E-state index in [-0.39, 0.29) is 11.3 Å². The number of ether oxygens (including phenoxy) is 1. The van der Waals surface area contributed by atoms with Crippen LogP contribution in [-0.2, 0) is 14.4 Å². The Morgan fingerprint density at radius 1 is 1.17 bits per heavy atom. The second-order valence-corrected chi connectivity index (χ2v) is 6.98. The SMILES string of the molecule is Cc1cc(N2C(=O)NC(=O)/C(=C\c3ccc(OCC(=O)[O-])cc3)C2=O)ccc1Br. The van der Waals surface area contributed by atoms with Gasteiger partial charge in [0, 0.05) is 4.47 Å². The van der Waals surface area contributed by atoms with Crippen molar-refractivity contribution in [2.45, 2.75) is 6.92 Å². The lowest BCUT2D eigenvalue weighted by Gasteiger charge is -2.26. The normalized spacial score (nSPS) is 15.4. The second-order valence-electron chi connectivity index (χ2n) is 6.12. The van der Waals surface area contributed by atoms with Crippen LogP contribution in [0.4, 0.5) is 10.5 Å². The molecule has 1 N–H and O–H groups in total. The molecule has 2 aromatic carbocycles. The third-order valence-corrected chi connectivity index (χ3v) is 4.94. The van der Waals surface area contributed by atoms with Gasteiger partial charge in [-0.2, -0.15) is 0 Å². The number of barbiturate groups is 1. The van der Waals surface area contributed by atoms with Crippen LogP contribution in [0, 0.1) is 6.92 Å². The van der Waals surface area contributed by atoms with Gasteiger partial charge in [-0.3, -0.25) is 14.9 Å². The monoisotopic (exact) mass is 457 g/mol. The van der Waals surface area contributed by atoms with Crippen molar-refractivity contribution >= 4 is 51.5 Å². The van der Waals surface area contributed by atoms with Gasteiger partial charge in [-0.15, -0.1) is 0 Å². The molecule has 1 heterocycles. The summed E-state index contributed by atoms with van der Waals surface area (Å²) in [5.74, 6) is -2.62. The average Bonchev–Trinajstić information content (AvgIpc) is 2.67. The molecule has 1 saturated heterocycles. The second kappa shape index (κ2) is 8.27. The number of carboxylic acid groups (broad SMARTS) is 1. The maximum absolute atomic E-state index is 12.9. The Bertz CT molecular complexity index is 1050. The zero-order valence-corrected chi connectivity index (χ0v) is 16.7. The number of hydrogen-bond donors (Lipinski definition) is 1. The van der Waals surface area contributed by atoms with Gasteiger partial charge in [0.1, 0.15) is 17.9 Å². The third-order valence-electron chi connectivity index (χ3n) is 4.05. The first kappa shape index (κ1) is 20.3. The summed E-state index contributed by atoms with van der Waals surface area (Å²) in [5, 5.41) is 12.6. The topological polar surface area (TPSA) is 116 Å². The minimum absolute atomic E-state index is 0.214. The number of aryl methyl sites for hydroxylation is 1. The van der Waals surface area contributed by atoms with Gasteiger partial charge in [-0.05, 0) is 54.5 Å². The molecule has 148 valence electrons. The molecule has 0 bridgehead atoms. The van der Waals surface area contributed by atoms with E-state index < -0.39 is 30.4 Å². The van der Waals surface area contributed by atoms with Crippen molar-refractivity contribution in [2.75, 3.05) is 11.5 Å². The van der Waals surface area contributed by atoms with Gasteiger partial charge < -0.3 is 14.6 Å². The highest BCUT2D eigenvalue weighted by Crippen LogP contribution is 2.26. The van der Waals surface area contributed by atoms with E-state index in [0.29, 0.717) is 11.3 Å². The predicted octanol–water partition coefficient (Wildman–Crippen LogP) is 1.55. The molecule has 1 fully saturated rings. The summed E-state index contributed by atoms with van der Waals surface area (Å²) in [7, 11) is 0. The molecule has 9 heteroatoms. The van der Waals surface area contributed by atoms with Crippen molar-refractivity contribution in [1.82, 2.24) is 5.32 Å². The Labute approximate surface area is 173 Å². The number of aliphatic carboxylic acids is 1. The molecular weight excluding hydrogens is 444 g/mol. The maximum Gasteiger partial charge on any atom is 0.335 e. The van der Waals surface area contributed by atoms with Crippen LogP contribution in [0.1, 0.15) is 11.1 Å². The minimum atomic E-state index is -1.35. The smallest absolute Gasteiger partial charge is 0.335 e. The average molecular weight is 458 g/mol. The van der Waals surface area contributed by atoms with Crippen molar-refractivity contribution in [1.29, 1.82) is 0 Å². The van der Waals surface area contributed by atoms with E-state index in [9.17, 15) is 24.3 Å². The van der Waals surface area contributed by atoms with E-state index in [0.717, 1.165) is 14.9 Å². The Balaban J connectivity index is 1.88. The largest absolute Gasteiger partial charge is 0.546 e. The number of rotatable bonds is 5. The molecule has 0 aromatic heterocycles.